The summed E-state index contributed by atoms with van der Waals surface area (Å²) in [6, 6.07) is 4.58. The van der Waals surface area contributed by atoms with Crippen molar-refractivity contribution in [1.29, 1.82) is 0 Å². The van der Waals surface area contributed by atoms with Crippen LogP contribution in [0, 0.1) is 11.7 Å². The van der Waals surface area contributed by atoms with Gasteiger partial charge in [-0.3, -0.25) is 0 Å². The summed E-state index contributed by atoms with van der Waals surface area (Å²) in [4.78, 5) is 4.64. The molecule has 0 aliphatic rings. The van der Waals surface area contributed by atoms with Gasteiger partial charge >= 0.3 is 0 Å². The van der Waals surface area contributed by atoms with Gasteiger partial charge in [0.05, 0.1) is 17.1 Å². The van der Waals surface area contributed by atoms with E-state index in [-0.39, 0.29) is 12.2 Å². The molecule has 0 N–H and O–H groups in total. The number of rotatable bonds is 8. The van der Waals surface area contributed by atoms with E-state index in [0.717, 1.165) is 23.5 Å². The zero-order valence-electron chi connectivity index (χ0n) is 14.5. The lowest BCUT2D eigenvalue weighted by atomic mass is 10.1. The molecule has 2 aromatic heterocycles. The van der Waals surface area contributed by atoms with Gasteiger partial charge in [0.15, 0.2) is 0 Å². The Balaban J connectivity index is 1.56. The third-order valence-corrected chi connectivity index (χ3v) is 5.88. The summed E-state index contributed by atoms with van der Waals surface area (Å²) < 4.78 is 19.4. The van der Waals surface area contributed by atoms with Crippen molar-refractivity contribution in [2.75, 3.05) is 0 Å². The van der Waals surface area contributed by atoms with Gasteiger partial charge in [-0.15, -0.1) is 21.5 Å². The normalized spacial score (nSPS) is 11.4. The van der Waals surface area contributed by atoms with E-state index in [9.17, 15) is 4.39 Å². The molecule has 0 atom stereocenters. The van der Waals surface area contributed by atoms with Gasteiger partial charge in [0.25, 0.3) is 5.22 Å². The van der Waals surface area contributed by atoms with Crippen LogP contribution in [0.25, 0.3) is 0 Å². The molecule has 1 aromatic carbocycles. The van der Waals surface area contributed by atoms with Gasteiger partial charge in [0, 0.05) is 21.7 Å². The quantitative estimate of drug-likeness (QED) is 0.439. The van der Waals surface area contributed by atoms with Crippen molar-refractivity contribution < 1.29 is 8.81 Å². The molecule has 0 radical (unpaired) electrons. The van der Waals surface area contributed by atoms with Gasteiger partial charge in [-0.2, -0.15) is 0 Å². The highest BCUT2D eigenvalue weighted by Crippen LogP contribution is 2.26. The highest BCUT2D eigenvalue weighted by atomic mass is 35.5. The summed E-state index contributed by atoms with van der Waals surface area (Å²) in [5, 5.41) is 12.0. The molecule has 0 unspecified atom stereocenters. The monoisotopic (exact) mass is 411 g/mol. The van der Waals surface area contributed by atoms with Crippen LogP contribution in [0.15, 0.2) is 33.2 Å². The first-order valence-electron chi connectivity index (χ1n) is 8.32. The second kappa shape index (κ2) is 8.97. The predicted molar refractivity (Wildman–Crippen MR) is 103 cm³/mol. The molecule has 3 rings (SSSR count). The average Bonchev–Trinajstić information content (AvgIpc) is 3.24. The number of halogens is 2. The number of hydrogen-bond acceptors (Lipinski definition) is 6. The van der Waals surface area contributed by atoms with E-state index in [0.29, 0.717) is 33.4 Å². The topological polar surface area (TPSA) is 51.8 Å². The standard InChI is InChI=1S/C18H19ClFN3OS2/c1-11(2)6-7-17-21-12(9-25-17)10-26-18-23-22-16(24-18)8-13-14(19)4-3-5-15(13)20/h3-5,9,11H,6-8,10H2,1-2H3. The average molecular weight is 412 g/mol. The Bertz CT molecular complexity index is 846. The lowest BCUT2D eigenvalue weighted by molar-refractivity contribution is 0.418. The maximum atomic E-state index is 13.8. The number of nitrogens with zero attached hydrogens (tertiary/aromatic N) is 3. The maximum absolute atomic E-state index is 13.8. The van der Waals surface area contributed by atoms with Crippen LogP contribution in [0.1, 0.15) is 42.4 Å². The Kier molecular flexibility index (Phi) is 6.67. The molecule has 8 heteroatoms. The first-order chi connectivity index (χ1) is 12.5. The minimum absolute atomic E-state index is 0.176. The zero-order valence-corrected chi connectivity index (χ0v) is 16.9. The zero-order chi connectivity index (χ0) is 18.5. The highest BCUT2D eigenvalue weighted by Gasteiger charge is 2.14. The van der Waals surface area contributed by atoms with Gasteiger partial charge < -0.3 is 4.42 Å². The van der Waals surface area contributed by atoms with Gasteiger partial charge in [-0.05, 0) is 30.9 Å². The van der Waals surface area contributed by atoms with Crippen molar-refractivity contribution in [3.05, 3.63) is 56.6 Å². The summed E-state index contributed by atoms with van der Waals surface area (Å²) >= 11 is 9.15. The third-order valence-electron chi connectivity index (χ3n) is 3.72. The fourth-order valence-electron chi connectivity index (χ4n) is 2.30. The van der Waals surface area contributed by atoms with Crippen LogP contribution in [0.4, 0.5) is 4.39 Å². The minimum atomic E-state index is -0.374. The van der Waals surface area contributed by atoms with E-state index < -0.39 is 0 Å². The van der Waals surface area contributed by atoms with Gasteiger partial charge in [-0.1, -0.05) is 43.3 Å². The number of aryl methyl sites for hydroxylation is 1. The number of benzene rings is 1. The molecule has 0 fully saturated rings. The molecule has 2 heterocycles. The van der Waals surface area contributed by atoms with Gasteiger partial charge in [0.2, 0.25) is 5.89 Å². The fourth-order valence-corrected chi connectivity index (χ4v) is 4.12. The van der Waals surface area contributed by atoms with E-state index in [2.05, 4.69) is 34.4 Å². The molecule has 138 valence electrons. The molecule has 0 bridgehead atoms. The van der Waals surface area contributed by atoms with E-state index in [1.165, 1.54) is 17.8 Å². The lowest BCUT2D eigenvalue weighted by Gasteiger charge is -2.02. The first kappa shape index (κ1) is 19.3. The summed E-state index contributed by atoms with van der Waals surface area (Å²) in [5.41, 5.74) is 1.37. The van der Waals surface area contributed by atoms with Crippen LogP contribution >= 0.6 is 34.7 Å². The molecular weight excluding hydrogens is 393 g/mol. The van der Waals surface area contributed by atoms with Crippen molar-refractivity contribution in [2.24, 2.45) is 5.92 Å². The molecule has 0 aliphatic carbocycles. The third kappa shape index (κ3) is 5.28. The van der Waals surface area contributed by atoms with E-state index in [1.54, 1.807) is 23.5 Å². The van der Waals surface area contributed by atoms with E-state index in [4.69, 9.17) is 16.0 Å². The van der Waals surface area contributed by atoms with Crippen LogP contribution in [0.2, 0.25) is 5.02 Å². The maximum Gasteiger partial charge on any atom is 0.276 e. The van der Waals surface area contributed by atoms with Crippen LogP contribution in [-0.4, -0.2) is 15.2 Å². The van der Waals surface area contributed by atoms with Crippen LogP contribution in [-0.2, 0) is 18.6 Å². The predicted octanol–water partition coefficient (Wildman–Crippen LogP) is 5.79. The van der Waals surface area contributed by atoms with Gasteiger partial charge in [0.1, 0.15) is 5.82 Å². The summed E-state index contributed by atoms with van der Waals surface area (Å²) in [7, 11) is 0. The smallest absolute Gasteiger partial charge is 0.276 e. The van der Waals surface area contributed by atoms with Gasteiger partial charge in [-0.25, -0.2) is 9.37 Å². The van der Waals surface area contributed by atoms with Crippen molar-refractivity contribution in [3.63, 3.8) is 0 Å². The van der Waals surface area contributed by atoms with E-state index in [1.807, 2.05) is 0 Å². The Labute approximate surface area is 165 Å². The Morgan fingerprint density at radius 2 is 2.15 bits per heavy atom. The second-order valence-electron chi connectivity index (χ2n) is 6.29. The molecule has 0 spiro atoms. The van der Waals surface area contributed by atoms with Crippen molar-refractivity contribution in [3.8, 4) is 0 Å². The van der Waals surface area contributed by atoms with E-state index >= 15 is 0 Å². The minimum Gasteiger partial charge on any atom is -0.416 e. The molecular formula is C18H19ClFN3OS2. The molecule has 0 amide bonds. The first-order valence-corrected chi connectivity index (χ1v) is 10.6. The second-order valence-corrected chi connectivity index (χ2v) is 8.57. The molecule has 4 nitrogen and oxygen atoms in total. The Morgan fingerprint density at radius 3 is 2.92 bits per heavy atom. The van der Waals surface area contributed by atoms with Crippen LogP contribution < -0.4 is 0 Å². The van der Waals surface area contributed by atoms with Crippen LogP contribution in [0.5, 0.6) is 0 Å². The number of thiazole rings is 1. The summed E-state index contributed by atoms with van der Waals surface area (Å²) in [6.45, 7) is 4.43. The molecule has 0 saturated carbocycles. The van der Waals surface area contributed by atoms with Crippen molar-refractivity contribution in [1.82, 2.24) is 15.2 Å². The highest BCUT2D eigenvalue weighted by molar-refractivity contribution is 7.98. The Hall–Kier alpha value is -1.44. The fraction of sp³-hybridized carbons (Fsp3) is 0.389. The summed E-state index contributed by atoms with van der Waals surface area (Å²) in [6.07, 6.45) is 2.34. The number of hydrogen-bond donors (Lipinski definition) is 0. The SMILES string of the molecule is CC(C)CCc1nc(CSc2nnc(Cc3c(F)cccc3Cl)o2)cs1. The number of aromatic nitrogens is 3. The largest absolute Gasteiger partial charge is 0.416 e. The molecule has 0 aliphatic heterocycles. The number of thioether (sulfide) groups is 1. The molecule has 0 saturated heterocycles. The Morgan fingerprint density at radius 1 is 1.31 bits per heavy atom. The van der Waals surface area contributed by atoms with Crippen molar-refractivity contribution in [2.45, 2.75) is 44.1 Å². The van der Waals surface area contributed by atoms with Crippen LogP contribution in [0.3, 0.4) is 0 Å². The molecule has 3 aromatic rings. The summed E-state index contributed by atoms with van der Waals surface area (Å²) in [5.74, 6) is 1.31. The van der Waals surface area contributed by atoms with Crippen molar-refractivity contribution >= 4 is 34.7 Å². The lowest BCUT2D eigenvalue weighted by Crippen LogP contribution is -1.94. The molecule has 26 heavy (non-hydrogen) atoms.